The molecule has 2 aromatic carbocycles. The molecule has 32 heavy (non-hydrogen) atoms. The molecule has 1 aliphatic carbocycles. The lowest BCUT2D eigenvalue weighted by atomic mass is 9.86. The van der Waals surface area contributed by atoms with Crippen LogP contribution in [0.15, 0.2) is 53.4 Å². The minimum atomic E-state index is -3.73. The van der Waals surface area contributed by atoms with E-state index in [1.54, 1.807) is 59.8 Å². The van der Waals surface area contributed by atoms with Crippen molar-refractivity contribution in [3.63, 3.8) is 0 Å². The van der Waals surface area contributed by atoms with Gasteiger partial charge in [-0.05, 0) is 67.6 Å². The van der Waals surface area contributed by atoms with Crippen molar-refractivity contribution in [2.45, 2.75) is 63.1 Å². The number of hydrogen-bond acceptors (Lipinski definition) is 4. The van der Waals surface area contributed by atoms with E-state index in [0.717, 1.165) is 31.2 Å². The third-order valence-electron chi connectivity index (χ3n) is 5.97. The molecule has 0 bridgehead atoms. The Kier molecular flexibility index (Phi) is 8.33. The second-order valence-electron chi connectivity index (χ2n) is 8.59. The van der Waals surface area contributed by atoms with E-state index >= 15 is 0 Å². The van der Waals surface area contributed by atoms with Gasteiger partial charge in [-0.3, -0.25) is 4.79 Å². The SMILES string of the molecule is CC(O)CNC(=O)c1ccc(CN(C2CCCCC2C)S(=O)(=O)c2ccc(Cl)cc2)cc1. The molecule has 1 saturated carbocycles. The van der Waals surface area contributed by atoms with Crippen LogP contribution in [-0.2, 0) is 16.6 Å². The molecule has 3 atom stereocenters. The molecule has 2 N–H and O–H groups in total. The van der Waals surface area contributed by atoms with E-state index in [9.17, 15) is 18.3 Å². The van der Waals surface area contributed by atoms with Crippen molar-refractivity contribution in [1.82, 2.24) is 9.62 Å². The van der Waals surface area contributed by atoms with Gasteiger partial charge in [0.05, 0.1) is 11.0 Å². The highest BCUT2D eigenvalue weighted by Crippen LogP contribution is 2.33. The van der Waals surface area contributed by atoms with Crippen LogP contribution in [0.4, 0.5) is 0 Å². The molecule has 0 aliphatic heterocycles. The summed E-state index contributed by atoms with van der Waals surface area (Å²) in [4.78, 5) is 12.4. The first-order valence-electron chi connectivity index (χ1n) is 11.0. The Morgan fingerprint density at radius 1 is 1.12 bits per heavy atom. The lowest BCUT2D eigenvalue weighted by Crippen LogP contribution is -2.44. The summed E-state index contributed by atoms with van der Waals surface area (Å²) < 4.78 is 28.8. The molecule has 0 aromatic heterocycles. The molecule has 6 nitrogen and oxygen atoms in total. The van der Waals surface area contributed by atoms with Crippen molar-refractivity contribution in [2.75, 3.05) is 6.54 Å². The molecular formula is C24H31ClN2O4S. The van der Waals surface area contributed by atoms with Crippen molar-refractivity contribution in [3.05, 3.63) is 64.7 Å². The van der Waals surface area contributed by atoms with Crippen molar-refractivity contribution in [1.29, 1.82) is 0 Å². The zero-order valence-corrected chi connectivity index (χ0v) is 20.1. The highest BCUT2D eigenvalue weighted by molar-refractivity contribution is 7.89. The molecule has 2 aromatic rings. The minimum Gasteiger partial charge on any atom is -0.392 e. The Hall–Kier alpha value is -1.93. The number of benzene rings is 2. The predicted molar refractivity (Wildman–Crippen MR) is 126 cm³/mol. The molecule has 0 heterocycles. The summed E-state index contributed by atoms with van der Waals surface area (Å²) in [6, 6.07) is 13.1. The van der Waals surface area contributed by atoms with Gasteiger partial charge in [-0.25, -0.2) is 8.42 Å². The fraction of sp³-hybridized carbons (Fsp3) is 0.458. The van der Waals surface area contributed by atoms with Crippen LogP contribution in [0.1, 0.15) is 55.5 Å². The first kappa shape index (κ1) is 24.7. The van der Waals surface area contributed by atoms with Gasteiger partial charge in [0, 0.05) is 29.7 Å². The van der Waals surface area contributed by atoms with E-state index in [4.69, 9.17) is 11.6 Å². The molecule has 0 spiro atoms. The van der Waals surface area contributed by atoms with Gasteiger partial charge < -0.3 is 10.4 Å². The monoisotopic (exact) mass is 478 g/mol. The fourth-order valence-electron chi connectivity index (χ4n) is 4.13. The van der Waals surface area contributed by atoms with Gasteiger partial charge in [-0.1, -0.05) is 43.5 Å². The summed E-state index contributed by atoms with van der Waals surface area (Å²) >= 11 is 5.97. The lowest BCUT2D eigenvalue weighted by Gasteiger charge is -2.37. The Morgan fingerprint density at radius 3 is 2.34 bits per heavy atom. The molecule has 1 fully saturated rings. The fourth-order valence-corrected chi connectivity index (χ4v) is 6.00. The first-order valence-corrected chi connectivity index (χ1v) is 12.8. The Morgan fingerprint density at radius 2 is 1.75 bits per heavy atom. The Labute approximate surface area is 195 Å². The third-order valence-corrected chi connectivity index (χ3v) is 8.11. The van der Waals surface area contributed by atoms with E-state index in [-0.39, 0.29) is 35.9 Å². The topological polar surface area (TPSA) is 86.7 Å². The zero-order valence-electron chi connectivity index (χ0n) is 18.5. The second kappa shape index (κ2) is 10.8. The largest absolute Gasteiger partial charge is 0.392 e. The number of aliphatic hydroxyl groups excluding tert-OH is 1. The van der Waals surface area contributed by atoms with Crippen LogP contribution >= 0.6 is 11.6 Å². The molecule has 1 aliphatic rings. The first-order chi connectivity index (χ1) is 15.2. The quantitative estimate of drug-likeness (QED) is 0.594. The molecule has 174 valence electrons. The van der Waals surface area contributed by atoms with E-state index < -0.39 is 16.1 Å². The summed E-state index contributed by atoms with van der Waals surface area (Å²) in [5.74, 6) is -0.0136. The number of halogens is 1. The van der Waals surface area contributed by atoms with E-state index in [1.165, 1.54) is 0 Å². The maximum atomic E-state index is 13.6. The Bertz CT molecular complexity index is 1010. The molecule has 0 radical (unpaired) electrons. The second-order valence-corrected chi connectivity index (χ2v) is 10.9. The van der Waals surface area contributed by atoms with E-state index in [2.05, 4.69) is 12.2 Å². The number of rotatable bonds is 8. The van der Waals surface area contributed by atoms with Crippen LogP contribution in [0.2, 0.25) is 5.02 Å². The van der Waals surface area contributed by atoms with Crippen LogP contribution in [0.25, 0.3) is 0 Å². The predicted octanol–water partition coefficient (Wildman–Crippen LogP) is 4.22. The number of carbonyl (C=O) groups excluding carboxylic acids is 1. The van der Waals surface area contributed by atoms with Crippen LogP contribution in [0, 0.1) is 5.92 Å². The number of sulfonamides is 1. The maximum Gasteiger partial charge on any atom is 0.251 e. The van der Waals surface area contributed by atoms with Gasteiger partial charge in [-0.15, -0.1) is 0 Å². The summed E-state index contributed by atoms with van der Waals surface area (Å²) in [7, 11) is -3.73. The van der Waals surface area contributed by atoms with Gasteiger partial charge >= 0.3 is 0 Å². The van der Waals surface area contributed by atoms with E-state index in [0.29, 0.717) is 10.6 Å². The number of hydrogen-bond donors (Lipinski definition) is 2. The number of carbonyl (C=O) groups is 1. The highest BCUT2D eigenvalue weighted by Gasteiger charge is 2.36. The number of aliphatic hydroxyl groups is 1. The normalized spacial score (nSPS) is 20.2. The van der Waals surface area contributed by atoms with Gasteiger partial charge in [0.2, 0.25) is 10.0 Å². The minimum absolute atomic E-state index is 0.0848. The molecule has 0 saturated heterocycles. The van der Waals surface area contributed by atoms with Crippen LogP contribution in [0.5, 0.6) is 0 Å². The zero-order chi connectivity index (χ0) is 23.3. The summed E-state index contributed by atoms with van der Waals surface area (Å²) in [6.45, 7) is 4.12. The summed E-state index contributed by atoms with van der Waals surface area (Å²) in [6.07, 6.45) is 3.32. The Balaban J connectivity index is 1.86. The molecule has 3 rings (SSSR count). The van der Waals surface area contributed by atoms with Crippen molar-refractivity contribution in [3.8, 4) is 0 Å². The summed E-state index contributed by atoms with van der Waals surface area (Å²) in [5.41, 5.74) is 1.28. The van der Waals surface area contributed by atoms with Crippen molar-refractivity contribution in [2.24, 2.45) is 5.92 Å². The highest BCUT2D eigenvalue weighted by atomic mass is 35.5. The van der Waals surface area contributed by atoms with Gasteiger partial charge in [0.25, 0.3) is 5.91 Å². The maximum absolute atomic E-state index is 13.6. The smallest absolute Gasteiger partial charge is 0.251 e. The molecule has 3 unspecified atom stereocenters. The molecular weight excluding hydrogens is 448 g/mol. The van der Waals surface area contributed by atoms with Gasteiger partial charge in [0.15, 0.2) is 0 Å². The summed E-state index contributed by atoms with van der Waals surface area (Å²) in [5, 5.41) is 12.5. The van der Waals surface area contributed by atoms with Crippen LogP contribution < -0.4 is 5.32 Å². The third kappa shape index (κ3) is 6.10. The average Bonchev–Trinajstić information content (AvgIpc) is 2.77. The van der Waals surface area contributed by atoms with Crippen LogP contribution in [0.3, 0.4) is 0 Å². The van der Waals surface area contributed by atoms with Gasteiger partial charge in [-0.2, -0.15) is 4.31 Å². The molecule has 8 heteroatoms. The van der Waals surface area contributed by atoms with Crippen molar-refractivity contribution >= 4 is 27.5 Å². The molecule has 1 amide bonds. The number of nitrogens with zero attached hydrogens (tertiary/aromatic N) is 1. The standard InChI is InChI=1S/C24H31ClN2O4S/c1-17-5-3-4-6-23(17)27(32(30,31)22-13-11-21(25)12-14-22)16-19-7-9-20(10-8-19)24(29)26-15-18(2)28/h7-14,17-18,23,28H,3-6,15-16H2,1-2H3,(H,26,29). The number of amides is 1. The lowest BCUT2D eigenvalue weighted by molar-refractivity contribution is 0.0924. The number of nitrogens with one attached hydrogen (secondary N) is 1. The van der Waals surface area contributed by atoms with Crippen LogP contribution in [-0.4, -0.2) is 42.4 Å². The van der Waals surface area contributed by atoms with Crippen molar-refractivity contribution < 1.29 is 18.3 Å². The average molecular weight is 479 g/mol. The van der Waals surface area contributed by atoms with E-state index in [1.807, 2.05) is 0 Å². The van der Waals surface area contributed by atoms with Gasteiger partial charge in [0.1, 0.15) is 0 Å².